The summed E-state index contributed by atoms with van der Waals surface area (Å²) in [5.74, 6) is 0.770. The third-order valence-corrected chi connectivity index (χ3v) is 2.14. The molecule has 0 aliphatic heterocycles. The molecule has 0 saturated carbocycles. The summed E-state index contributed by atoms with van der Waals surface area (Å²) in [5.41, 5.74) is 0.743. The number of tetrazole rings is 1. The molecule has 1 amide bonds. The van der Waals surface area contributed by atoms with Gasteiger partial charge in [0.2, 0.25) is 11.7 Å². The molecule has 0 radical (unpaired) electrons. The lowest BCUT2D eigenvalue weighted by atomic mass is 10.2. The number of hydrogen-bond acceptors (Lipinski definition) is 5. The predicted molar refractivity (Wildman–Crippen MR) is 60.9 cm³/mol. The number of carbonyl (C=O) groups is 1. The maximum absolute atomic E-state index is 11.5. The number of amides is 1. The highest BCUT2D eigenvalue weighted by atomic mass is 16.1. The minimum absolute atomic E-state index is 0.0808. The largest absolute Gasteiger partial charge is 0.310 e. The molecule has 0 bridgehead atoms. The summed E-state index contributed by atoms with van der Waals surface area (Å²) in [5, 5.41) is 16.3. The first-order valence-electron chi connectivity index (χ1n) is 5.17. The molecule has 2 heterocycles. The maximum Gasteiger partial charge on any atom is 0.228 e. The monoisotopic (exact) mass is 232 g/mol. The fourth-order valence-electron chi connectivity index (χ4n) is 1.19. The Kier molecular flexibility index (Phi) is 3.08. The van der Waals surface area contributed by atoms with E-state index in [1.54, 1.807) is 18.3 Å². The summed E-state index contributed by atoms with van der Waals surface area (Å²) in [4.78, 5) is 15.6. The van der Waals surface area contributed by atoms with Crippen molar-refractivity contribution in [1.82, 2.24) is 25.6 Å². The van der Waals surface area contributed by atoms with Crippen LogP contribution in [0.2, 0.25) is 0 Å². The molecule has 0 saturated heterocycles. The van der Waals surface area contributed by atoms with Gasteiger partial charge >= 0.3 is 0 Å². The van der Waals surface area contributed by atoms with Crippen molar-refractivity contribution in [3.05, 3.63) is 18.3 Å². The van der Waals surface area contributed by atoms with Gasteiger partial charge in [0.25, 0.3) is 0 Å². The van der Waals surface area contributed by atoms with E-state index in [2.05, 4.69) is 30.9 Å². The van der Waals surface area contributed by atoms with Gasteiger partial charge in [-0.1, -0.05) is 13.8 Å². The standard InChI is InChI=1S/C10H12N6O/c1-6(2)10(17)12-8-5-7(3-4-11-8)9-13-15-16-14-9/h3-6H,1-2H3,(H,11,12,17)(H,13,14,15,16). The number of H-pyrrole nitrogens is 1. The smallest absolute Gasteiger partial charge is 0.228 e. The van der Waals surface area contributed by atoms with Gasteiger partial charge in [0, 0.05) is 17.7 Å². The van der Waals surface area contributed by atoms with Crippen molar-refractivity contribution in [2.24, 2.45) is 5.92 Å². The first-order chi connectivity index (χ1) is 8.16. The Bertz CT molecular complexity index is 507. The molecule has 0 atom stereocenters. The van der Waals surface area contributed by atoms with E-state index in [1.807, 2.05) is 13.8 Å². The fraction of sp³-hybridized carbons (Fsp3) is 0.300. The van der Waals surface area contributed by atoms with E-state index in [0.29, 0.717) is 11.6 Å². The topological polar surface area (TPSA) is 96.5 Å². The van der Waals surface area contributed by atoms with Crippen LogP contribution in [-0.4, -0.2) is 31.5 Å². The van der Waals surface area contributed by atoms with Gasteiger partial charge in [-0.25, -0.2) is 4.98 Å². The van der Waals surface area contributed by atoms with Gasteiger partial charge in [0.05, 0.1) is 0 Å². The number of nitrogens with one attached hydrogen (secondary N) is 2. The molecule has 2 N–H and O–H groups in total. The van der Waals surface area contributed by atoms with E-state index in [1.165, 1.54) is 0 Å². The molecule has 2 aromatic heterocycles. The first-order valence-corrected chi connectivity index (χ1v) is 5.17. The van der Waals surface area contributed by atoms with E-state index in [4.69, 9.17) is 0 Å². The van der Waals surface area contributed by atoms with E-state index in [0.717, 1.165) is 5.56 Å². The Labute approximate surface area is 97.7 Å². The molecule has 7 heteroatoms. The van der Waals surface area contributed by atoms with Crippen molar-refractivity contribution in [2.75, 3.05) is 5.32 Å². The Morgan fingerprint density at radius 2 is 2.29 bits per heavy atom. The van der Waals surface area contributed by atoms with Crippen LogP contribution in [0.25, 0.3) is 11.4 Å². The van der Waals surface area contributed by atoms with Gasteiger partial charge in [-0.05, 0) is 17.3 Å². The molecular formula is C10H12N6O. The number of hydrogen-bond donors (Lipinski definition) is 2. The van der Waals surface area contributed by atoms with Gasteiger partial charge < -0.3 is 5.32 Å². The van der Waals surface area contributed by atoms with Crippen molar-refractivity contribution in [2.45, 2.75) is 13.8 Å². The molecule has 0 aliphatic rings. The average Bonchev–Trinajstić information content (AvgIpc) is 2.82. The van der Waals surface area contributed by atoms with Crippen LogP contribution < -0.4 is 5.32 Å². The minimum atomic E-state index is -0.0920. The Balaban J connectivity index is 2.20. The van der Waals surface area contributed by atoms with E-state index < -0.39 is 0 Å². The lowest BCUT2D eigenvalue weighted by Gasteiger charge is -2.06. The molecule has 88 valence electrons. The van der Waals surface area contributed by atoms with Crippen LogP contribution in [0, 0.1) is 5.92 Å². The third-order valence-electron chi connectivity index (χ3n) is 2.14. The van der Waals surface area contributed by atoms with Crippen molar-refractivity contribution in [1.29, 1.82) is 0 Å². The highest BCUT2D eigenvalue weighted by molar-refractivity contribution is 5.91. The number of pyridine rings is 1. The summed E-state index contributed by atoms with van der Waals surface area (Å²) in [6.07, 6.45) is 1.58. The molecule has 7 nitrogen and oxygen atoms in total. The summed E-state index contributed by atoms with van der Waals surface area (Å²) in [6.45, 7) is 3.64. The lowest BCUT2D eigenvalue weighted by molar-refractivity contribution is -0.118. The van der Waals surface area contributed by atoms with E-state index in [9.17, 15) is 4.79 Å². The number of aromatic amines is 1. The normalized spacial score (nSPS) is 10.5. The summed E-state index contributed by atoms with van der Waals surface area (Å²) < 4.78 is 0. The number of anilines is 1. The van der Waals surface area contributed by atoms with Crippen molar-refractivity contribution in [3.8, 4) is 11.4 Å². The summed E-state index contributed by atoms with van der Waals surface area (Å²) >= 11 is 0. The zero-order valence-corrected chi connectivity index (χ0v) is 9.51. The molecule has 0 fully saturated rings. The van der Waals surface area contributed by atoms with Crippen molar-refractivity contribution in [3.63, 3.8) is 0 Å². The number of nitrogens with zero attached hydrogens (tertiary/aromatic N) is 4. The third kappa shape index (κ3) is 2.63. The fourth-order valence-corrected chi connectivity index (χ4v) is 1.19. The van der Waals surface area contributed by atoms with Gasteiger partial charge in [-0.3, -0.25) is 4.79 Å². The summed E-state index contributed by atoms with van der Waals surface area (Å²) in [7, 11) is 0. The molecule has 17 heavy (non-hydrogen) atoms. The van der Waals surface area contributed by atoms with Crippen molar-refractivity contribution >= 4 is 11.7 Å². The predicted octanol–water partition coefficient (Wildman–Crippen LogP) is 0.856. The summed E-state index contributed by atoms with van der Waals surface area (Å²) in [6, 6.07) is 3.45. The number of rotatable bonds is 3. The van der Waals surface area contributed by atoms with Crippen LogP contribution in [-0.2, 0) is 4.79 Å². The van der Waals surface area contributed by atoms with Crippen LogP contribution in [0.4, 0.5) is 5.82 Å². The van der Waals surface area contributed by atoms with Gasteiger partial charge in [-0.2, -0.15) is 5.21 Å². The molecule has 0 aromatic carbocycles. The Hall–Kier alpha value is -2.31. The van der Waals surface area contributed by atoms with E-state index in [-0.39, 0.29) is 11.8 Å². The highest BCUT2D eigenvalue weighted by Gasteiger charge is 2.09. The second-order valence-corrected chi connectivity index (χ2v) is 3.81. The molecular weight excluding hydrogens is 220 g/mol. The average molecular weight is 232 g/mol. The second kappa shape index (κ2) is 4.69. The van der Waals surface area contributed by atoms with Crippen LogP contribution in [0.3, 0.4) is 0 Å². The Morgan fingerprint density at radius 3 is 2.94 bits per heavy atom. The van der Waals surface area contributed by atoms with Crippen molar-refractivity contribution < 1.29 is 4.79 Å². The van der Waals surface area contributed by atoms with Crippen LogP contribution in [0.15, 0.2) is 18.3 Å². The van der Waals surface area contributed by atoms with Crippen LogP contribution in [0.1, 0.15) is 13.8 Å². The van der Waals surface area contributed by atoms with Gasteiger partial charge in [0.1, 0.15) is 5.82 Å². The van der Waals surface area contributed by atoms with Crippen LogP contribution in [0.5, 0.6) is 0 Å². The van der Waals surface area contributed by atoms with Gasteiger partial charge in [-0.15, -0.1) is 10.2 Å². The SMILES string of the molecule is CC(C)C(=O)Nc1cc(-c2nn[nH]n2)ccn1. The zero-order chi connectivity index (χ0) is 12.3. The number of aromatic nitrogens is 5. The molecule has 0 spiro atoms. The highest BCUT2D eigenvalue weighted by Crippen LogP contribution is 2.16. The van der Waals surface area contributed by atoms with Gasteiger partial charge in [0.15, 0.2) is 0 Å². The maximum atomic E-state index is 11.5. The molecule has 0 aliphatic carbocycles. The Morgan fingerprint density at radius 1 is 1.47 bits per heavy atom. The van der Waals surface area contributed by atoms with E-state index >= 15 is 0 Å². The molecule has 0 unspecified atom stereocenters. The quantitative estimate of drug-likeness (QED) is 0.817. The zero-order valence-electron chi connectivity index (χ0n) is 9.51. The van der Waals surface area contributed by atoms with Crippen LogP contribution >= 0.6 is 0 Å². The lowest BCUT2D eigenvalue weighted by Crippen LogP contribution is -2.18. The minimum Gasteiger partial charge on any atom is -0.310 e. The molecule has 2 aromatic rings. The number of carbonyl (C=O) groups excluding carboxylic acids is 1. The molecule has 2 rings (SSSR count). The first kappa shape index (κ1) is 11.2. The second-order valence-electron chi connectivity index (χ2n) is 3.81.